The first-order valence-electron chi connectivity index (χ1n) is 5.92. The van der Waals surface area contributed by atoms with Gasteiger partial charge in [0.05, 0.1) is 18.2 Å². The Balaban J connectivity index is 2.23. The van der Waals surface area contributed by atoms with Crippen LogP contribution in [0.1, 0.15) is 43.4 Å². The van der Waals surface area contributed by atoms with Gasteiger partial charge in [-0.25, -0.2) is 4.39 Å². The second kappa shape index (κ2) is 4.84. The lowest BCUT2D eigenvalue weighted by Crippen LogP contribution is -2.04. The summed E-state index contributed by atoms with van der Waals surface area (Å²) in [4.78, 5) is 11.2. The summed E-state index contributed by atoms with van der Waals surface area (Å²) in [7, 11) is 0. The van der Waals surface area contributed by atoms with Crippen molar-refractivity contribution in [2.24, 2.45) is 0 Å². The van der Waals surface area contributed by atoms with E-state index >= 15 is 0 Å². The molecule has 4 heteroatoms. The fourth-order valence-corrected chi connectivity index (χ4v) is 2.08. The first-order chi connectivity index (χ1) is 8.11. The molecule has 1 unspecified atom stereocenters. The molecule has 1 aromatic rings. The molecule has 0 spiro atoms. The van der Waals surface area contributed by atoms with Crippen molar-refractivity contribution in [1.29, 1.82) is 0 Å². The van der Waals surface area contributed by atoms with E-state index in [9.17, 15) is 14.3 Å². The highest BCUT2D eigenvalue weighted by Crippen LogP contribution is 2.31. The number of hydrogen-bond acceptors (Lipinski definition) is 2. The van der Waals surface area contributed by atoms with Gasteiger partial charge in [0.2, 0.25) is 5.91 Å². The van der Waals surface area contributed by atoms with Crippen LogP contribution in [0.15, 0.2) is 12.1 Å². The number of carbonyl (C=O) groups excluding carboxylic acids is 1. The van der Waals surface area contributed by atoms with Crippen molar-refractivity contribution in [1.82, 2.24) is 0 Å². The molecule has 2 N–H and O–H groups in total. The summed E-state index contributed by atoms with van der Waals surface area (Å²) in [5.74, 6) is -0.655. The number of aliphatic hydroxyl groups excluding tert-OH is 1. The van der Waals surface area contributed by atoms with Crippen molar-refractivity contribution >= 4 is 11.6 Å². The molecule has 92 valence electrons. The Morgan fingerprint density at radius 1 is 1.53 bits per heavy atom. The minimum absolute atomic E-state index is 0.195. The summed E-state index contributed by atoms with van der Waals surface area (Å²) >= 11 is 0. The zero-order valence-electron chi connectivity index (χ0n) is 9.79. The third kappa shape index (κ3) is 2.47. The van der Waals surface area contributed by atoms with Crippen molar-refractivity contribution in [3.8, 4) is 0 Å². The van der Waals surface area contributed by atoms with Gasteiger partial charge in [-0.05, 0) is 23.6 Å². The maximum absolute atomic E-state index is 13.7. The zero-order valence-corrected chi connectivity index (χ0v) is 9.79. The number of nitrogens with one attached hydrogen (secondary N) is 1. The molecule has 1 amide bonds. The highest BCUT2D eigenvalue weighted by atomic mass is 19.1. The van der Waals surface area contributed by atoms with Crippen LogP contribution in [0.4, 0.5) is 10.1 Å². The number of halogens is 1. The minimum atomic E-state index is -0.648. The summed E-state index contributed by atoms with van der Waals surface area (Å²) in [5, 5.41) is 12.4. The second-order valence-electron chi connectivity index (χ2n) is 4.42. The molecule has 0 radical (unpaired) electrons. The van der Waals surface area contributed by atoms with E-state index in [-0.39, 0.29) is 18.0 Å². The van der Waals surface area contributed by atoms with Crippen LogP contribution in [-0.4, -0.2) is 11.0 Å². The molecule has 1 heterocycles. The zero-order chi connectivity index (χ0) is 12.4. The molecule has 3 nitrogen and oxygen atoms in total. The van der Waals surface area contributed by atoms with Gasteiger partial charge in [-0.3, -0.25) is 4.79 Å². The average Bonchev–Trinajstić information content (AvgIpc) is 2.67. The van der Waals surface area contributed by atoms with Gasteiger partial charge in [0, 0.05) is 0 Å². The molecule has 0 aliphatic carbocycles. The van der Waals surface area contributed by atoms with E-state index in [4.69, 9.17) is 0 Å². The predicted molar refractivity (Wildman–Crippen MR) is 63.2 cm³/mol. The van der Waals surface area contributed by atoms with E-state index in [0.29, 0.717) is 17.5 Å². The molecule has 0 bridgehead atoms. The maximum atomic E-state index is 13.7. The van der Waals surface area contributed by atoms with Crippen LogP contribution in [0.5, 0.6) is 0 Å². The van der Waals surface area contributed by atoms with Crippen LogP contribution >= 0.6 is 0 Å². The highest BCUT2D eigenvalue weighted by Gasteiger charge is 2.23. The number of hydrogen-bond donors (Lipinski definition) is 2. The molecular weight excluding hydrogens is 221 g/mol. The van der Waals surface area contributed by atoms with Gasteiger partial charge < -0.3 is 10.4 Å². The summed E-state index contributed by atoms with van der Waals surface area (Å²) < 4.78 is 13.7. The summed E-state index contributed by atoms with van der Waals surface area (Å²) in [6.07, 6.45) is 2.06. The summed E-state index contributed by atoms with van der Waals surface area (Å²) in [5.41, 5.74) is 1.47. The molecule has 1 aliphatic heterocycles. The molecule has 0 fully saturated rings. The number of anilines is 1. The Labute approximate surface area is 99.7 Å². The second-order valence-corrected chi connectivity index (χ2v) is 4.42. The standard InChI is InChI=1S/C13H16FNO2/c1-2-3-4-11(16)8-5-9-7-12(17)15-13(9)10(14)6-8/h5-6,11,16H,2-4,7H2,1H3,(H,15,17). The van der Waals surface area contributed by atoms with Crippen LogP contribution in [0.25, 0.3) is 0 Å². The molecule has 1 aliphatic rings. The highest BCUT2D eigenvalue weighted by molar-refractivity contribution is 5.99. The van der Waals surface area contributed by atoms with Crippen molar-refractivity contribution in [2.45, 2.75) is 38.7 Å². The number of unbranched alkanes of at least 4 members (excludes halogenated alkanes) is 1. The molecule has 0 saturated heterocycles. The quantitative estimate of drug-likeness (QED) is 0.845. The van der Waals surface area contributed by atoms with Crippen LogP contribution in [-0.2, 0) is 11.2 Å². The van der Waals surface area contributed by atoms with Crippen molar-refractivity contribution < 1.29 is 14.3 Å². The Kier molecular flexibility index (Phi) is 3.43. The van der Waals surface area contributed by atoms with E-state index < -0.39 is 11.9 Å². The Morgan fingerprint density at radius 2 is 2.29 bits per heavy atom. The topological polar surface area (TPSA) is 49.3 Å². The molecule has 0 aromatic heterocycles. The molecule has 17 heavy (non-hydrogen) atoms. The number of benzene rings is 1. The smallest absolute Gasteiger partial charge is 0.228 e. The first kappa shape index (κ1) is 12.0. The lowest BCUT2D eigenvalue weighted by molar-refractivity contribution is -0.115. The number of carbonyl (C=O) groups is 1. The van der Waals surface area contributed by atoms with Crippen LogP contribution in [0.2, 0.25) is 0 Å². The Hall–Kier alpha value is -1.42. The normalized spacial score (nSPS) is 15.6. The van der Waals surface area contributed by atoms with Crippen molar-refractivity contribution in [2.75, 3.05) is 5.32 Å². The van der Waals surface area contributed by atoms with Gasteiger partial charge in [0.15, 0.2) is 0 Å². The third-order valence-corrected chi connectivity index (χ3v) is 3.03. The van der Waals surface area contributed by atoms with Crippen molar-refractivity contribution in [3.63, 3.8) is 0 Å². The van der Waals surface area contributed by atoms with E-state index in [1.54, 1.807) is 6.07 Å². The van der Waals surface area contributed by atoms with Gasteiger partial charge in [-0.15, -0.1) is 0 Å². The maximum Gasteiger partial charge on any atom is 0.228 e. The van der Waals surface area contributed by atoms with Crippen LogP contribution in [0, 0.1) is 5.82 Å². The number of amides is 1. The van der Waals surface area contributed by atoms with E-state index in [1.165, 1.54) is 6.07 Å². The SMILES string of the molecule is CCCCC(O)c1cc(F)c2c(c1)CC(=O)N2. The van der Waals surface area contributed by atoms with Crippen LogP contribution in [0.3, 0.4) is 0 Å². The fourth-order valence-electron chi connectivity index (χ4n) is 2.08. The van der Waals surface area contributed by atoms with E-state index in [1.807, 2.05) is 6.92 Å². The summed E-state index contributed by atoms with van der Waals surface area (Å²) in [6, 6.07) is 3.03. The van der Waals surface area contributed by atoms with Gasteiger partial charge in [-0.1, -0.05) is 25.8 Å². The minimum Gasteiger partial charge on any atom is -0.388 e. The number of aliphatic hydroxyl groups is 1. The predicted octanol–water partition coefficient (Wildman–Crippen LogP) is 2.54. The van der Waals surface area contributed by atoms with Gasteiger partial charge in [0.1, 0.15) is 5.82 Å². The summed E-state index contributed by atoms with van der Waals surface area (Å²) in [6.45, 7) is 2.04. The van der Waals surface area contributed by atoms with Gasteiger partial charge >= 0.3 is 0 Å². The lowest BCUT2D eigenvalue weighted by atomic mass is 10.00. The van der Waals surface area contributed by atoms with E-state index in [0.717, 1.165) is 12.8 Å². The number of fused-ring (bicyclic) bond motifs is 1. The molecule has 2 rings (SSSR count). The molecular formula is C13H16FNO2. The van der Waals surface area contributed by atoms with Gasteiger partial charge in [0.25, 0.3) is 0 Å². The Morgan fingerprint density at radius 3 is 3.00 bits per heavy atom. The van der Waals surface area contributed by atoms with Crippen LogP contribution < -0.4 is 5.32 Å². The van der Waals surface area contributed by atoms with Crippen molar-refractivity contribution in [3.05, 3.63) is 29.1 Å². The fraction of sp³-hybridized carbons (Fsp3) is 0.462. The number of rotatable bonds is 4. The first-order valence-corrected chi connectivity index (χ1v) is 5.92. The monoisotopic (exact) mass is 237 g/mol. The molecule has 1 atom stereocenters. The van der Waals surface area contributed by atoms with E-state index in [2.05, 4.69) is 5.32 Å². The largest absolute Gasteiger partial charge is 0.388 e. The third-order valence-electron chi connectivity index (χ3n) is 3.03. The lowest BCUT2D eigenvalue weighted by Gasteiger charge is -2.12. The Bertz CT molecular complexity index is 445. The molecule has 0 saturated carbocycles. The average molecular weight is 237 g/mol. The van der Waals surface area contributed by atoms with Gasteiger partial charge in [-0.2, -0.15) is 0 Å². The molecule has 1 aromatic carbocycles.